The number of thiophene rings is 1. The molecule has 0 saturated carbocycles. The Morgan fingerprint density at radius 3 is 2.50 bits per heavy atom. The second-order valence-electron chi connectivity index (χ2n) is 3.32. The van der Waals surface area contributed by atoms with E-state index in [-0.39, 0.29) is 5.56 Å². The molecule has 0 aliphatic carbocycles. The van der Waals surface area contributed by atoms with Gasteiger partial charge in [-0.25, -0.2) is 4.79 Å². The second-order valence-corrected chi connectivity index (χ2v) is 4.26. The molecular weight excluding hydrogens is 224 g/mol. The first-order chi connectivity index (χ1) is 7.70. The second kappa shape index (κ2) is 4.47. The van der Waals surface area contributed by atoms with E-state index in [4.69, 9.17) is 5.11 Å². The number of carbonyl (C=O) groups is 1. The molecule has 16 heavy (non-hydrogen) atoms. The first kappa shape index (κ1) is 10.9. The SMILES string of the molecule is O=C(O)c1ccsc1C(O)c1ccccc1. The summed E-state index contributed by atoms with van der Waals surface area (Å²) in [6.45, 7) is 0. The van der Waals surface area contributed by atoms with Gasteiger partial charge in [0.05, 0.1) is 10.4 Å². The smallest absolute Gasteiger partial charge is 0.336 e. The molecule has 0 bridgehead atoms. The largest absolute Gasteiger partial charge is 0.478 e. The van der Waals surface area contributed by atoms with Gasteiger partial charge in [0.25, 0.3) is 0 Å². The minimum absolute atomic E-state index is 0.168. The molecule has 1 aromatic carbocycles. The Morgan fingerprint density at radius 2 is 1.88 bits per heavy atom. The Hall–Kier alpha value is -1.65. The standard InChI is InChI=1S/C12H10O3S/c13-10(8-4-2-1-3-5-8)11-9(12(14)15)6-7-16-11/h1-7,10,13H,(H,14,15). The van der Waals surface area contributed by atoms with Crippen molar-refractivity contribution >= 4 is 17.3 Å². The molecule has 82 valence electrons. The highest BCUT2D eigenvalue weighted by Gasteiger charge is 2.19. The van der Waals surface area contributed by atoms with Crippen molar-refractivity contribution in [1.82, 2.24) is 0 Å². The van der Waals surface area contributed by atoms with Crippen molar-refractivity contribution in [3.8, 4) is 0 Å². The van der Waals surface area contributed by atoms with Crippen LogP contribution in [0, 0.1) is 0 Å². The summed E-state index contributed by atoms with van der Waals surface area (Å²) >= 11 is 1.25. The highest BCUT2D eigenvalue weighted by atomic mass is 32.1. The lowest BCUT2D eigenvalue weighted by molar-refractivity contribution is 0.0692. The van der Waals surface area contributed by atoms with Crippen LogP contribution in [0.1, 0.15) is 26.9 Å². The number of aliphatic hydroxyl groups is 1. The molecule has 1 aromatic heterocycles. The first-order valence-corrected chi connectivity index (χ1v) is 5.62. The quantitative estimate of drug-likeness (QED) is 0.858. The lowest BCUT2D eigenvalue weighted by atomic mass is 10.1. The summed E-state index contributed by atoms with van der Waals surface area (Å²) in [5.41, 5.74) is 0.869. The Morgan fingerprint density at radius 1 is 1.19 bits per heavy atom. The van der Waals surface area contributed by atoms with Crippen LogP contribution < -0.4 is 0 Å². The van der Waals surface area contributed by atoms with Crippen LogP contribution in [0.15, 0.2) is 41.8 Å². The maximum absolute atomic E-state index is 10.9. The lowest BCUT2D eigenvalue weighted by Crippen LogP contribution is -2.04. The summed E-state index contributed by atoms with van der Waals surface area (Å²) in [5, 5.41) is 20.7. The minimum atomic E-state index is -1.01. The molecule has 0 aliphatic rings. The summed E-state index contributed by atoms with van der Waals surface area (Å²) in [7, 11) is 0. The zero-order valence-corrected chi connectivity index (χ0v) is 9.15. The molecule has 0 aliphatic heterocycles. The molecule has 1 heterocycles. The average molecular weight is 234 g/mol. The van der Waals surface area contributed by atoms with Crippen LogP contribution in [-0.2, 0) is 0 Å². The Balaban J connectivity index is 2.38. The molecule has 0 amide bonds. The molecule has 1 atom stereocenters. The zero-order valence-electron chi connectivity index (χ0n) is 8.33. The third-order valence-corrected chi connectivity index (χ3v) is 3.26. The summed E-state index contributed by atoms with van der Waals surface area (Å²) < 4.78 is 0. The zero-order chi connectivity index (χ0) is 11.5. The van der Waals surface area contributed by atoms with Gasteiger partial charge in [-0.3, -0.25) is 0 Å². The fraction of sp³-hybridized carbons (Fsp3) is 0.0833. The van der Waals surface area contributed by atoms with Crippen molar-refractivity contribution in [3.63, 3.8) is 0 Å². The van der Waals surface area contributed by atoms with Gasteiger partial charge in [0.2, 0.25) is 0 Å². The molecule has 0 radical (unpaired) electrons. The molecule has 2 aromatic rings. The Bertz CT molecular complexity index is 490. The maximum atomic E-state index is 10.9. The molecular formula is C12H10O3S. The fourth-order valence-corrected chi connectivity index (χ4v) is 2.39. The molecule has 1 unspecified atom stereocenters. The number of hydrogen-bond donors (Lipinski definition) is 2. The number of carboxylic acids is 1. The van der Waals surface area contributed by atoms with Gasteiger partial charge in [-0.15, -0.1) is 11.3 Å². The monoisotopic (exact) mass is 234 g/mol. The molecule has 4 heteroatoms. The van der Waals surface area contributed by atoms with Crippen LogP contribution >= 0.6 is 11.3 Å². The van der Waals surface area contributed by atoms with Gasteiger partial charge < -0.3 is 10.2 Å². The van der Waals surface area contributed by atoms with E-state index in [1.807, 2.05) is 18.2 Å². The van der Waals surface area contributed by atoms with Gasteiger partial charge in [0.15, 0.2) is 0 Å². The van der Waals surface area contributed by atoms with Crippen molar-refractivity contribution < 1.29 is 15.0 Å². The highest BCUT2D eigenvalue weighted by Crippen LogP contribution is 2.29. The summed E-state index contributed by atoms with van der Waals surface area (Å²) in [5.74, 6) is -1.01. The number of benzene rings is 1. The number of rotatable bonds is 3. The Labute approximate surface area is 96.6 Å². The lowest BCUT2D eigenvalue weighted by Gasteiger charge is -2.09. The van der Waals surface area contributed by atoms with E-state index in [0.29, 0.717) is 10.4 Å². The molecule has 3 nitrogen and oxygen atoms in total. The molecule has 0 spiro atoms. The van der Waals surface area contributed by atoms with Gasteiger partial charge in [-0.05, 0) is 17.0 Å². The minimum Gasteiger partial charge on any atom is -0.478 e. The third kappa shape index (κ3) is 1.98. The number of carboxylic acid groups (broad SMARTS) is 1. The van der Waals surface area contributed by atoms with Gasteiger partial charge in [-0.1, -0.05) is 30.3 Å². The van der Waals surface area contributed by atoms with Gasteiger partial charge in [0.1, 0.15) is 6.10 Å². The van der Waals surface area contributed by atoms with Gasteiger partial charge >= 0.3 is 5.97 Å². The molecule has 2 N–H and O–H groups in total. The van der Waals surface area contributed by atoms with E-state index in [0.717, 1.165) is 0 Å². The predicted octanol–water partition coefficient (Wildman–Crippen LogP) is 2.53. The number of hydrogen-bond acceptors (Lipinski definition) is 3. The number of aromatic carboxylic acids is 1. The van der Waals surface area contributed by atoms with E-state index in [1.54, 1.807) is 17.5 Å². The maximum Gasteiger partial charge on any atom is 0.336 e. The van der Waals surface area contributed by atoms with Gasteiger partial charge in [0, 0.05) is 0 Å². The van der Waals surface area contributed by atoms with Crippen LogP contribution in [0.4, 0.5) is 0 Å². The van der Waals surface area contributed by atoms with Crippen LogP contribution in [0.3, 0.4) is 0 Å². The third-order valence-electron chi connectivity index (χ3n) is 2.29. The van der Waals surface area contributed by atoms with Crippen LogP contribution in [0.2, 0.25) is 0 Å². The van der Waals surface area contributed by atoms with Crippen molar-refractivity contribution in [2.75, 3.05) is 0 Å². The molecule has 0 saturated heterocycles. The predicted molar refractivity (Wildman–Crippen MR) is 61.8 cm³/mol. The van der Waals surface area contributed by atoms with Crippen molar-refractivity contribution in [2.24, 2.45) is 0 Å². The van der Waals surface area contributed by atoms with Crippen LogP contribution in [-0.4, -0.2) is 16.2 Å². The van der Waals surface area contributed by atoms with Crippen molar-refractivity contribution in [3.05, 3.63) is 57.8 Å². The summed E-state index contributed by atoms with van der Waals surface area (Å²) in [4.78, 5) is 11.4. The first-order valence-electron chi connectivity index (χ1n) is 4.74. The highest BCUT2D eigenvalue weighted by molar-refractivity contribution is 7.10. The Kier molecular flexibility index (Phi) is 3.03. The van der Waals surface area contributed by atoms with Crippen molar-refractivity contribution in [2.45, 2.75) is 6.10 Å². The summed E-state index contributed by atoms with van der Waals surface area (Å²) in [6.07, 6.45) is -0.868. The fourth-order valence-electron chi connectivity index (χ4n) is 1.50. The van der Waals surface area contributed by atoms with Crippen LogP contribution in [0.25, 0.3) is 0 Å². The summed E-state index contributed by atoms with van der Waals surface area (Å²) in [6, 6.07) is 10.5. The van der Waals surface area contributed by atoms with E-state index in [1.165, 1.54) is 17.4 Å². The van der Waals surface area contributed by atoms with Gasteiger partial charge in [-0.2, -0.15) is 0 Å². The molecule has 2 rings (SSSR count). The molecule has 0 fully saturated rings. The van der Waals surface area contributed by atoms with Crippen molar-refractivity contribution in [1.29, 1.82) is 0 Å². The van der Waals surface area contributed by atoms with E-state index < -0.39 is 12.1 Å². The normalized spacial score (nSPS) is 12.3. The van der Waals surface area contributed by atoms with E-state index in [9.17, 15) is 9.90 Å². The topological polar surface area (TPSA) is 57.5 Å². The average Bonchev–Trinajstić information content (AvgIpc) is 2.78. The van der Waals surface area contributed by atoms with E-state index >= 15 is 0 Å². The van der Waals surface area contributed by atoms with Crippen LogP contribution in [0.5, 0.6) is 0 Å². The number of aliphatic hydroxyl groups excluding tert-OH is 1. The van der Waals surface area contributed by atoms with E-state index in [2.05, 4.69) is 0 Å².